The number of phenols is 2. The highest BCUT2D eigenvalue weighted by molar-refractivity contribution is 9.11. The van der Waals surface area contributed by atoms with Crippen molar-refractivity contribution in [1.82, 2.24) is 10.2 Å². The summed E-state index contributed by atoms with van der Waals surface area (Å²) in [6, 6.07) is 4.27. The van der Waals surface area contributed by atoms with Gasteiger partial charge in [-0.2, -0.15) is 0 Å². The number of hydrogen-bond acceptors (Lipinski definition) is 5. The van der Waals surface area contributed by atoms with Gasteiger partial charge in [0.05, 0.1) is 5.56 Å². The van der Waals surface area contributed by atoms with Crippen molar-refractivity contribution < 1.29 is 10.2 Å². The summed E-state index contributed by atoms with van der Waals surface area (Å²) >= 11 is 4.46. The lowest BCUT2D eigenvalue weighted by Gasteiger charge is -1.99. The van der Waals surface area contributed by atoms with Gasteiger partial charge in [-0.15, -0.1) is 10.2 Å². The zero-order chi connectivity index (χ0) is 10.1. The first kappa shape index (κ1) is 9.42. The van der Waals surface area contributed by atoms with Crippen LogP contribution in [0.25, 0.3) is 10.6 Å². The van der Waals surface area contributed by atoms with Crippen molar-refractivity contribution in [3.63, 3.8) is 0 Å². The molecule has 4 nitrogen and oxygen atoms in total. The largest absolute Gasteiger partial charge is 0.508 e. The van der Waals surface area contributed by atoms with Crippen molar-refractivity contribution in [2.24, 2.45) is 0 Å². The van der Waals surface area contributed by atoms with Gasteiger partial charge in [-0.1, -0.05) is 11.3 Å². The molecule has 0 bridgehead atoms. The van der Waals surface area contributed by atoms with E-state index < -0.39 is 0 Å². The number of rotatable bonds is 1. The first-order valence-corrected chi connectivity index (χ1v) is 5.29. The summed E-state index contributed by atoms with van der Waals surface area (Å²) in [6.07, 6.45) is 0. The Morgan fingerprint density at radius 2 is 2.00 bits per heavy atom. The average Bonchev–Trinajstić information content (AvgIpc) is 2.56. The average molecular weight is 273 g/mol. The molecule has 0 amide bonds. The van der Waals surface area contributed by atoms with Gasteiger partial charge in [0.25, 0.3) is 0 Å². The van der Waals surface area contributed by atoms with Gasteiger partial charge in [0.1, 0.15) is 11.5 Å². The van der Waals surface area contributed by atoms with Gasteiger partial charge in [-0.05, 0) is 34.1 Å². The lowest BCUT2D eigenvalue weighted by molar-refractivity contribution is 0.462. The van der Waals surface area contributed by atoms with E-state index in [4.69, 9.17) is 0 Å². The number of halogens is 1. The summed E-state index contributed by atoms with van der Waals surface area (Å²) < 4.78 is 0.634. The van der Waals surface area contributed by atoms with Gasteiger partial charge in [0, 0.05) is 0 Å². The normalized spacial score (nSPS) is 10.4. The lowest BCUT2D eigenvalue weighted by atomic mass is 10.2. The molecule has 14 heavy (non-hydrogen) atoms. The molecule has 2 aromatic rings. The van der Waals surface area contributed by atoms with Crippen LogP contribution in [0.1, 0.15) is 0 Å². The van der Waals surface area contributed by atoms with Crippen LogP contribution in [0.3, 0.4) is 0 Å². The number of phenolic OH excluding ortho intramolecular Hbond substituents is 2. The molecule has 72 valence electrons. The van der Waals surface area contributed by atoms with Gasteiger partial charge in [0.15, 0.2) is 8.92 Å². The molecule has 0 radical (unpaired) electrons. The molecule has 1 aromatic heterocycles. The predicted molar refractivity (Wildman–Crippen MR) is 56.4 cm³/mol. The second-order valence-electron chi connectivity index (χ2n) is 2.56. The summed E-state index contributed by atoms with van der Waals surface area (Å²) in [4.78, 5) is 0. The third kappa shape index (κ3) is 1.71. The minimum absolute atomic E-state index is 0.0754. The van der Waals surface area contributed by atoms with Crippen molar-refractivity contribution in [2.45, 2.75) is 0 Å². The van der Waals surface area contributed by atoms with Crippen LogP contribution >= 0.6 is 27.3 Å². The van der Waals surface area contributed by atoms with Gasteiger partial charge in [-0.25, -0.2) is 0 Å². The van der Waals surface area contributed by atoms with Crippen LogP contribution in [0.15, 0.2) is 22.1 Å². The van der Waals surface area contributed by atoms with E-state index in [9.17, 15) is 10.2 Å². The molecule has 0 saturated carbocycles. The zero-order valence-electron chi connectivity index (χ0n) is 6.81. The summed E-state index contributed by atoms with van der Waals surface area (Å²) in [5, 5.41) is 26.9. The molecule has 0 aliphatic carbocycles. The fourth-order valence-corrected chi connectivity index (χ4v) is 2.15. The predicted octanol–water partition coefficient (Wildman–Crippen LogP) is 2.38. The Hall–Kier alpha value is -1.14. The Morgan fingerprint density at radius 1 is 1.21 bits per heavy atom. The van der Waals surface area contributed by atoms with Gasteiger partial charge in [0.2, 0.25) is 0 Å². The maximum absolute atomic E-state index is 9.51. The number of benzene rings is 1. The van der Waals surface area contributed by atoms with E-state index in [2.05, 4.69) is 26.1 Å². The Balaban J connectivity index is 2.55. The van der Waals surface area contributed by atoms with Crippen LogP contribution in [0.5, 0.6) is 11.5 Å². The standard InChI is InChI=1S/C8H5BrN2O2S/c9-8-11-10-7(14-8)5-3-4(12)1-2-6(5)13/h1-3,12-13H. The second kappa shape index (κ2) is 3.55. The molecule has 1 aromatic carbocycles. The fraction of sp³-hybridized carbons (Fsp3) is 0. The molecule has 0 spiro atoms. The SMILES string of the molecule is Oc1ccc(O)c(-c2nnc(Br)s2)c1. The van der Waals surface area contributed by atoms with E-state index in [1.54, 1.807) is 0 Å². The summed E-state index contributed by atoms with van der Waals surface area (Å²) in [5.74, 6) is 0.163. The zero-order valence-corrected chi connectivity index (χ0v) is 9.21. The molecular formula is C8H5BrN2O2S. The summed E-state index contributed by atoms with van der Waals surface area (Å²) in [6.45, 7) is 0. The first-order valence-electron chi connectivity index (χ1n) is 3.68. The van der Waals surface area contributed by atoms with Crippen LogP contribution in [0.2, 0.25) is 0 Å². The second-order valence-corrected chi connectivity index (χ2v) is 4.82. The molecule has 1 heterocycles. The number of aromatic hydroxyl groups is 2. The van der Waals surface area contributed by atoms with Crippen LogP contribution in [0, 0.1) is 0 Å². The number of aromatic nitrogens is 2. The topological polar surface area (TPSA) is 66.2 Å². The van der Waals surface area contributed by atoms with E-state index in [1.807, 2.05) is 0 Å². The first-order chi connectivity index (χ1) is 6.66. The molecule has 6 heteroatoms. The molecule has 0 aliphatic rings. The molecule has 0 atom stereocenters. The molecular weight excluding hydrogens is 268 g/mol. The number of hydrogen-bond donors (Lipinski definition) is 2. The number of nitrogens with zero attached hydrogens (tertiary/aromatic N) is 2. The molecule has 0 unspecified atom stereocenters. The highest BCUT2D eigenvalue weighted by atomic mass is 79.9. The van der Waals surface area contributed by atoms with E-state index in [1.165, 1.54) is 29.5 Å². The maximum atomic E-state index is 9.51. The van der Waals surface area contributed by atoms with Crippen LogP contribution in [0.4, 0.5) is 0 Å². The van der Waals surface area contributed by atoms with Crippen LogP contribution < -0.4 is 0 Å². The minimum atomic E-state index is 0.0754. The Labute approximate surface area is 92.0 Å². The van der Waals surface area contributed by atoms with E-state index in [-0.39, 0.29) is 11.5 Å². The van der Waals surface area contributed by atoms with Crippen molar-refractivity contribution >= 4 is 27.3 Å². The van der Waals surface area contributed by atoms with Crippen molar-refractivity contribution in [1.29, 1.82) is 0 Å². The molecule has 2 rings (SSSR count). The summed E-state index contributed by atoms with van der Waals surface area (Å²) in [5.41, 5.74) is 0.480. The Kier molecular flexibility index (Phi) is 2.39. The summed E-state index contributed by atoms with van der Waals surface area (Å²) in [7, 11) is 0. The van der Waals surface area contributed by atoms with E-state index in [0.29, 0.717) is 14.5 Å². The quantitative estimate of drug-likeness (QED) is 0.783. The Morgan fingerprint density at radius 3 is 2.64 bits per heavy atom. The minimum Gasteiger partial charge on any atom is -0.508 e. The highest BCUT2D eigenvalue weighted by Gasteiger charge is 2.10. The Bertz CT molecular complexity index is 472. The smallest absolute Gasteiger partial charge is 0.183 e. The third-order valence-corrected chi connectivity index (χ3v) is 3.00. The molecule has 0 aliphatic heterocycles. The van der Waals surface area contributed by atoms with Crippen LogP contribution in [-0.4, -0.2) is 20.4 Å². The highest BCUT2D eigenvalue weighted by Crippen LogP contribution is 2.34. The van der Waals surface area contributed by atoms with Crippen molar-refractivity contribution in [2.75, 3.05) is 0 Å². The van der Waals surface area contributed by atoms with Gasteiger partial charge >= 0.3 is 0 Å². The fourth-order valence-electron chi connectivity index (χ4n) is 1.01. The van der Waals surface area contributed by atoms with Crippen molar-refractivity contribution in [3.8, 4) is 22.1 Å². The van der Waals surface area contributed by atoms with E-state index in [0.717, 1.165) is 0 Å². The van der Waals surface area contributed by atoms with Crippen LogP contribution in [-0.2, 0) is 0 Å². The third-order valence-electron chi connectivity index (χ3n) is 1.61. The molecule has 2 N–H and O–H groups in total. The molecule has 0 saturated heterocycles. The van der Waals surface area contributed by atoms with Crippen molar-refractivity contribution in [3.05, 3.63) is 22.1 Å². The maximum Gasteiger partial charge on any atom is 0.183 e. The lowest BCUT2D eigenvalue weighted by Crippen LogP contribution is -1.78. The van der Waals surface area contributed by atoms with Gasteiger partial charge < -0.3 is 10.2 Å². The van der Waals surface area contributed by atoms with E-state index >= 15 is 0 Å². The van der Waals surface area contributed by atoms with Gasteiger partial charge in [-0.3, -0.25) is 0 Å². The molecule has 0 fully saturated rings. The monoisotopic (exact) mass is 272 g/mol.